The van der Waals surface area contributed by atoms with Gasteiger partial charge < -0.3 is 4.98 Å². The van der Waals surface area contributed by atoms with Crippen LogP contribution in [0.2, 0.25) is 0 Å². The van der Waals surface area contributed by atoms with Crippen LogP contribution < -0.4 is 0 Å². The van der Waals surface area contributed by atoms with Gasteiger partial charge >= 0.3 is 0 Å². The summed E-state index contributed by atoms with van der Waals surface area (Å²) in [5, 5.41) is 7.27. The average molecular weight is 409 g/mol. The maximum atomic E-state index is 15.5. The summed E-state index contributed by atoms with van der Waals surface area (Å²) in [4.78, 5) is 28.5. The molecule has 0 fully saturated rings. The molecule has 0 atom stereocenters. The van der Waals surface area contributed by atoms with Crippen molar-refractivity contribution in [1.29, 1.82) is 0 Å². The predicted molar refractivity (Wildman–Crippen MR) is 111 cm³/mol. The standard InChI is InChI=1S/C21H12FN9/c22-16-14(12-7-24-10-25-8-12)9-27-19-15(16)18(30-31-19)21-28-17-13(3-6-26-20(17)29-21)11-1-4-23-5-2-11/h1-10H,(H,26,28,29)(H,27,30,31). The number of nitrogens with one attached hydrogen (secondary N) is 2. The van der Waals surface area contributed by atoms with Gasteiger partial charge in [0.15, 0.2) is 17.1 Å². The number of hydrogen-bond donors (Lipinski definition) is 2. The number of pyridine rings is 3. The molecular weight excluding hydrogens is 397 g/mol. The molecule has 10 heteroatoms. The highest BCUT2D eigenvalue weighted by atomic mass is 19.1. The molecule has 6 aromatic rings. The summed E-state index contributed by atoms with van der Waals surface area (Å²) in [6.45, 7) is 0. The lowest BCUT2D eigenvalue weighted by Gasteiger charge is -2.03. The van der Waals surface area contributed by atoms with Crippen molar-refractivity contribution in [2.75, 3.05) is 0 Å². The van der Waals surface area contributed by atoms with E-state index in [9.17, 15) is 0 Å². The number of halogens is 1. The molecule has 6 aromatic heterocycles. The molecule has 0 aliphatic heterocycles. The third-order valence-electron chi connectivity index (χ3n) is 5.00. The third kappa shape index (κ3) is 2.73. The van der Waals surface area contributed by atoms with E-state index in [0.29, 0.717) is 33.9 Å². The number of aromatic amines is 2. The molecule has 0 aliphatic carbocycles. The van der Waals surface area contributed by atoms with Gasteiger partial charge in [-0.2, -0.15) is 5.10 Å². The average Bonchev–Trinajstić information content (AvgIpc) is 3.45. The zero-order valence-electron chi connectivity index (χ0n) is 15.8. The van der Waals surface area contributed by atoms with Crippen molar-refractivity contribution >= 4 is 22.2 Å². The number of aromatic nitrogens is 9. The molecule has 31 heavy (non-hydrogen) atoms. The van der Waals surface area contributed by atoms with Crippen molar-refractivity contribution in [1.82, 2.24) is 45.1 Å². The Kier molecular flexibility index (Phi) is 3.75. The summed E-state index contributed by atoms with van der Waals surface area (Å²) in [7, 11) is 0. The van der Waals surface area contributed by atoms with Crippen molar-refractivity contribution in [2.24, 2.45) is 0 Å². The van der Waals surface area contributed by atoms with E-state index in [-0.39, 0.29) is 10.9 Å². The van der Waals surface area contributed by atoms with Gasteiger partial charge in [0.25, 0.3) is 0 Å². The Morgan fingerprint density at radius 3 is 2.45 bits per heavy atom. The zero-order chi connectivity index (χ0) is 20.8. The van der Waals surface area contributed by atoms with E-state index in [4.69, 9.17) is 0 Å². The third-order valence-corrected chi connectivity index (χ3v) is 5.00. The maximum absolute atomic E-state index is 15.5. The van der Waals surface area contributed by atoms with Gasteiger partial charge in [0.1, 0.15) is 23.4 Å². The van der Waals surface area contributed by atoms with Crippen molar-refractivity contribution in [3.63, 3.8) is 0 Å². The van der Waals surface area contributed by atoms with E-state index in [2.05, 4.69) is 45.1 Å². The molecule has 0 saturated heterocycles. The van der Waals surface area contributed by atoms with Gasteiger partial charge in [-0.1, -0.05) is 0 Å². The second-order valence-corrected chi connectivity index (χ2v) is 6.79. The number of fused-ring (bicyclic) bond motifs is 2. The van der Waals surface area contributed by atoms with E-state index in [0.717, 1.165) is 11.1 Å². The normalized spacial score (nSPS) is 11.4. The Morgan fingerprint density at radius 2 is 1.61 bits per heavy atom. The molecule has 0 radical (unpaired) electrons. The van der Waals surface area contributed by atoms with Crippen LogP contribution in [-0.4, -0.2) is 45.1 Å². The highest BCUT2D eigenvalue weighted by molar-refractivity contribution is 5.96. The molecule has 9 nitrogen and oxygen atoms in total. The van der Waals surface area contributed by atoms with Crippen LogP contribution in [0, 0.1) is 5.82 Å². The molecule has 2 N–H and O–H groups in total. The van der Waals surface area contributed by atoms with Gasteiger partial charge in [-0.15, -0.1) is 0 Å². The van der Waals surface area contributed by atoms with Crippen LogP contribution in [0.1, 0.15) is 0 Å². The molecule has 0 spiro atoms. The summed E-state index contributed by atoms with van der Waals surface area (Å²) in [6, 6.07) is 5.66. The maximum Gasteiger partial charge on any atom is 0.161 e. The molecule has 0 saturated carbocycles. The Hall–Kier alpha value is -4.60. The summed E-state index contributed by atoms with van der Waals surface area (Å²) in [5.41, 5.74) is 4.49. The van der Waals surface area contributed by atoms with Crippen molar-refractivity contribution in [2.45, 2.75) is 0 Å². The second-order valence-electron chi connectivity index (χ2n) is 6.79. The molecule has 0 bridgehead atoms. The van der Waals surface area contributed by atoms with Crippen LogP contribution in [0.3, 0.4) is 0 Å². The van der Waals surface area contributed by atoms with E-state index >= 15 is 4.39 Å². The molecule has 6 heterocycles. The molecule has 0 aromatic carbocycles. The SMILES string of the molecule is Fc1c(-c2cncnc2)cnc2[nH]nc(-c3nc4c(-c5ccncc5)ccnc4[nH]3)c12. The highest BCUT2D eigenvalue weighted by Gasteiger charge is 2.21. The Balaban J connectivity index is 1.56. The first kappa shape index (κ1) is 17.3. The quantitative estimate of drug-likeness (QED) is 0.458. The first-order chi connectivity index (χ1) is 15.3. The zero-order valence-corrected chi connectivity index (χ0v) is 15.8. The van der Waals surface area contributed by atoms with Gasteiger partial charge in [0.2, 0.25) is 0 Å². The highest BCUT2D eigenvalue weighted by Crippen LogP contribution is 2.33. The van der Waals surface area contributed by atoms with E-state index in [1.807, 2.05) is 18.2 Å². The second kappa shape index (κ2) is 6.73. The fraction of sp³-hybridized carbons (Fsp3) is 0. The summed E-state index contributed by atoms with van der Waals surface area (Å²) in [6.07, 6.45) is 11.0. The fourth-order valence-electron chi connectivity index (χ4n) is 3.55. The summed E-state index contributed by atoms with van der Waals surface area (Å²) >= 11 is 0. The lowest BCUT2D eigenvalue weighted by atomic mass is 10.1. The number of nitrogens with zero attached hydrogens (tertiary/aromatic N) is 7. The predicted octanol–water partition coefficient (Wildman–Crippen LogP) is 3.55. The van der Waals surface area contributed by atoms with Crippen LogP contribution in [-0.2, 0) is 0 Å². The van der Waals surface area contributed by atoms with E-state index < -0.39 is 5.82 Å². The topological polar surface area (TPSA) is 122 Å². The number of imidazole rings is 1. The minimum absolute atomic E-state index is 0.228. The molecule has 0 aliphatic rings. The van der Waals surface area contributed by atoms with Gasteiger partial charge in [0.05, 0.1) is 5.39 Å². The van der Waals surface area contributed by atoms with Crippen LogP contribution in [0.4, 0.5) is 4.39 Å². The molecule has 6 rings (SSSR count). The smallest absolute Gasteiger partial charge is 0.161 e. The lowest BCUT2D eigenvalue weighted by Crippen LogP contribution is -1.91. The number of hydrogen-bond acceptors (Lipinski definition) is 7. The van der Waals surface area contributed by atoms with Gasteiger partial charge in [-0.3, -0.25) is 10.1 Å². The fourth-order valence-corrected chi connectivity index (χ4v) is 3.55. The Labute approximate surface area is 173 Å². The molecular formula is C21H12FN9. The van der Waals surface area contributed by atoms with E-state index in [1.54, 1.807) is 18.6 Å². The first-order valence-electron chi connectivity index (χ1n) is 9.33. The Bertz CT molecular complexity index is 1540. The Morgan fingerprint density at radius 1 is 0.774 bits per heavy atom. The van der Waals surface area contributed by atoms with Crippen LogP contribution in [0.15, 0.2) is 61.7 Å². The summed E-state index contributed by atoms with van der Waals surface area (Å²) < 4.78 is 15.5. The number of rotatable bonds is 3. The number of H-pyrrole nitrogens is 2. The van der Waals surface area contributed by atoms with Gasteiger partial charge in [-0.05, 0) is 23.8 Å². The molecule has 0 unspecified atom stereocenters. The summed E-state index contributed by atoms with van der Waals surface area (Å²) in [5.74, 6) is -0.0938. The molecule has 148 valence electrons. The van der Waals surface area contributed by atoms with Crippen molar-refractivity contribution in [3.8, 4) is 33.8 Å². The van der Waals surface area contributed by atoms with Gasteiger partial charge in [0, 0.05) is 53.9 Å². The minimum Gasteiger partial charge on any atom is -0.321 e. The molecule has 0 amide bonds. The monoisotopic (exact) mass is 409 g/mol. The minimum atomic E-state index is -0.480. The van der Waals surface area contributed by atoms with Gasteiger partial charge in [-0.25, -0.2) is 29.3 Å². The lowest BCUT2D eigenvalue weighted by molar-refractivity contribution is 0.642. The van der Waals surface area contributed by atoms with Crippen molar-refractivity contribution < 1.29 is 4.39 Å². The first-order valence-corrected chi connectivity index (χ1v) is 9.33. The van der Waals surface area contributed by atoms with Crippen molar-refractivity contribution in [3.05, 3.63) is 67.5 Å². The van der Waals surface area contributed by atoms with E-state index in [1.165, 1.54) is 24.9 Å². The van der Waals surface area contributed by atoms with Crippen LogP contribution in [0.5, 0.6) is 0 Å². The van der Waals surface area contributed by atoms with Crippen LogP contribution in [0.25, 0.3) is 56.0 Å². The van der Waals surface area contributed by atoms with Crippen LogP contribution >= 0.6 is 0 Å². The largest absolute Gasteiger partial charge is 0.321 e.